The Balaban J connectivity index is 1.59. The Bertz CT molecular complexity index is 1610. The SMILES string of the molecule is O=C(NCc1ccc(F)cc1)c1c(O)c2nc(Cc3ccc(F)cc3)sc2n(-c2ccccc2)c1=O. The van der Waals surface area contributed by atoms with Crippen LogP contribution in [-0.2, 0) is 13.0 Å². The summed E-state index contributed by atoms with van der Waals surface area (Å²) in [6, 6.07) is 20.3. The molecule has 0 saturated carbocycles. The van der Waals surface area contributed by atoms with E-state index < -0.39 is 28.6 Å². The topological polar surface area (TPSA) is 84.2 Å². The number of carbonyl (C=O) groups is 1. The Morgan fingerprint density at radius 1 is 0.917 bits per heavy atom. The molecule has 0 atom stereocenters. The monoisotopic (exact) mass is 503 g/mol. The highest BCUT2D eigenvalue weighted by Crippen LogP contribution is 2.33. The predicted octanol–water partition coefficient (Wildman–Crippen LogP) is 4.95. The average molecular weight is 504 g/mol. The molecule has 0 aliphatic heterocycles. The summed E-state index contributed by atoms with van der Waals surface area (Å²) in [5.74, 6) is -2.05. The summed E-state index contributed by atoms with van der Waals surface area (Å²) in [6.45, 7) is 0.0360. The van der Waals surface area contributed by atoms with Gasteiger partial charge in [0.1, 0.15) is 27.5 Å². The van der Waals surface area contributed by atoms with Gasteiger partial charge in [-0.2, -0.15) is 0 Å². The third kappa shape index (κ3) is 4.60. The lowest BCUT2D eigenvalue weighted by Gasteiger charge is -2.12. The van der Waals surface area contributed by atoms with Crippen molar-refractivity contribution in [3.8, 4) is 11.4 Å². The van der Waals surface area contributed by atoms with Crippen molar-refractivity contribution in [3.63, 3.8) is 0 Å². The average Bonchev–Trinajstić information content (AvgIpc) is 3.29. The van der Waals surface area contributed by atoms with Gasteiger partial charge in [-0.3, -0.25) is 14.2 Å². The van der Waals surface area contributed by atoms with Crippen LogP contribution in [0, 0.1) is 11.6 Å². The van der Waals surface area contributed by atoms with Gasteiger partial charge in [0.05, 0.1) is 10.7 Å². The zero-order valence-electron chi connectivity index (χ0n) is 18.7. The molecule has 3 aromatic carbocycles. The number of nitrogens with zero attached hydrogens (tertiary/aromatic N) is 2. The molecular formula is C27H19F2N3O3S. The van der Waals surface area contributed by atoms with Crippen LogP contribution in [0.25, 0.3) is 16.0 Å². The molecule has 2 N–H and O–H groups in total. The smallest absolute Gasteiger partial charge is 0.273 e. The van der Waals surface area contributed by atoms with Crippen LogP contribution in [0.15, 0.2) is 83.7 Å². The number of pyridine rings is 1. The van der Waals surface area contributed by atoms with E-state index in [1.165, 1.54) is 52.3 Å². The van der Waals surface area contributed by atoms with Crippen LogP contribution in [0.4, 0.5) is 8.78 Å². The predicted molar refractivity (Wildman–Crippen MR) is 134 cm³/mol. The molecule has 9 heteroatoms. The first-order valence-corrected chi connectivity index (χ1v) is 11.8. The molecule has 2 aromatic heterocycles. The quantitative estimate of drug-likeness (QED) is 0.343. The van der Waals surface area contributed by atoms with Gasteiger partial charge in [-0.15, -0.1) is 0 Å². The number of amides is 1. The van der Waals surface area contributed by atoms with Crippen molar-refractivity contribution in [2.24, 2.45) is 0 Å². The number of para-hydroxylation sites is 1. The normalized spacial score (nSPS) is 11.1. The van der Waals surface area contributed by atoms with E-state index in [-0.39, 0.29) is 17.9 Å². The Labute approximate surface area is 208 Å². The molecular weight excluding hydrogens is 484 g/mol. The number of thiazole rings is 1. The third-order valence-electron chi connectivity index (χ3n) is 5.61. The van der Waals surface area contributed by atoms with Crippen LogP contribution in [0.3, 0.4) is 0 Å². The van der Waals surface area contributed by atoms with E-state index in [0.717, 1.165) is 5.56 Å². The number of rotatable bonds is 6. The van der Waals surface area contributed by atoms with Crippen LogP contribution in [-0.4, -0.2) is 20.6 Å². The molecule has 2 heterocycles. The number of hydrogen-bond acceptors (Lipinski definition) is 5. The van der Waals surface area contributed by atoms with Gasteiger partial charge >= 0.3 is 0 Å². The summed E-state index contributed by atoms with van der Waals surface area (Å²) >= 11 is 1.21. The van der Waals surface area contributed by atoms with Gasteiger partial charge in [0.25, 0.3) is 11.5 Å². The summed E-state index contributed by atoms with van der Waals surface area (Å²) in [6.07, 6.45) is 0.355. The molecule has 36 heavy (non-hydrogen) atoms. The maximum Gasteiger partial charge on any atom is 0.273 e. The van der Waals surface area contributed by atoms with Crippen molar-refractivity contribution >= 4 is 27.6 Å². The van der Waals surface area contributed by atoms with Gasteiger partial charge in [0.15, 0.2) is 5.75 Å². The maximum atomic E-state index is 13.5. The van der Waals surface area contributed by atoms with Crippen molar-refractivity contribution in [2.75, 3.05) is 0 Å². The highest BCUT2D eigenvalue weighted by molar-refractivity contribution is 7.18. The zero-order chi connectivity index (χ0) is 25.2. The summed E-state index contributed by atoms with van der Waals surface area (Å²) in [7, 11) is 0. The first-order chi connectivity index (χ1) is 17.4. The first-order valence-electron chi connectivity index (χ1n) is 11.0. The van der Waals surface area contributed by atoms with Crippen LogP contribution in [0.5, 0.6) is 5.75 Å². The lowest BCUT2D eigenvalue weighted by molar-refractivity contribution is 0.0946. The second kappa shape index (κ2) is 9.71. The maximum absolute atomic E-state index is 13.5. The van der Waals surface area contributed by atoms with Gasteiger partial charge < -0.3 is 10.4 Å². The van der Waals surface area contributed by atoms with Crippen molar-refractivity contribution in [2.45, 2.75) is 13.0 Å². The van der Waals surface area contributed by atoms with Crippen molar-refractivity contribution in [3.05, 3.63) is 123 Å². The molecule has 0 aliphatic carbocycles. The Morgan fingerprint density at radius 3 is 2.17 bits per heavy atom. The largest absolute Gasteiger partial charge is 0.505 e. The summed E-state index contributed by atoms with van der Waals surface area (Å²) in [5, 5.41) is 14.2. The molecule has 6 nitrogen and oxygen atoms in total. The molecule has 0 saturated heterocycles. The molecule has 0 unspecified atom stereocenters. The number of aromatic nitrogens is 2. The minimum Gasteiger partial charge on any atom is -0.505 e. The van der Waals surface area contributed by atoms with Crippen LogP contribution < -0.4 is 10.9 Å². The van der Waals surface area contributed by atoms with Gasteiger partial charge in [0, 0.05) is 13.0 Å². The number of halogens is 2. The van der Waals surface area contributed by atoms with Gasteiger partial charge in [-0.05, 0) is 47.5 Å². The van der Waals surface area contributed by atoms with E-state index in [9.17, 15) is 23.5 Å². The number of carbonyl (C=O) groups excluding carboxylic acids is 1. The van der Waals surface area contributed by atoms with E-state index >= 15 is 0 Å². The third-order valence-corrected chi connectivity index (χ3v) is 6.65. The number of nitrogens with one attached hydrogen (secondary N) is 1. The van der Waals surface area contributed by atoms with Crippen LogP contribution in [0.1, 0.15) is 26.5 Å². The fourth-order valence-electron chi connectivity index (χ4n) is 3.83. The summed E-state index contributed by atoms with van der Waals surface area (Å²) < 4.78 is 27.8. The van der Waals surface area contributed by atoms with E-state index in [0.29, 0.717) is 27.5 Å². The number of fused-ring (bicyclic) bond motifs is 1. The lowest BCUT2D eigenvalue weighted by Crippen LogP contribution is -2.32. The Morgan fingerprint density at radius 2 is 1.53 bits per heavy atom. The van der Waals surface area contributed by atoms with Gasteiger partial charge in [0.2, 0.25) is 0 Å². The second-order valence-corrected chi connectivity index (χ2v) is 9.14. The minimum atomic E-state index is -0.776. The van der Waals surface area contributed by atoms with E-state index in [4.69, 9.17) is 0 Å². The van der Waals surface area contributed by atoms with E-state index in [2.05, 4.69) is 10.3 Å². The first kappa shape index (κ1) is 23.4. The van der Waals surface area contributed by atoms with E-state index in [1.54, 1.807) is 42.5 Å². The van der Waals surface area contributed by atoms with Gasteiger partial charge in [-0.1, -0.05) is 53.8 Å². The van der Waals surface area contributed by atoms with Crippen molar-refractivity contribution < 1.29 is 18.7 Å². The molecule has 1 amide bonds. The molecule has 0 radical (unpaired) electrons. The Kier molecular flexibility index (Phi) is 6.30. The van der Waals surface area contributed by atoms with Crippen LogP contribution in [0.2, 0.25) is 0 Å². The summed E-state index contributed by atoms with van der Waals surface area (Å²) in [4.78, 5) is 31.5. The molecule has 0 spiro atoms. The number of hydrogen-bond donors (Lipinski definition) is 2. The standard InChI is InChI=1S/C27H19F2N3O3S/c28-18-10-6-16(7-11-18)14-21-31-23-24(33)22(25(34)30-15-17-8-12-19(29)13-9-17)26(35)32(27(23)36-21)20-4-2-1-3-5-20/h1-13,33H,14-15H2,(H,30,34). The fraction of sp³-hybridized carbons (Fsp3) is 0.0741. The molecule has 0 fully saturated rings. The number of aromatic hydroxyl groups is 1. The highest BCUT2D eigenvalue weighted by atomic mass is 32.1. The molecule has 5 aromatic rings. The lowest BCUT2D eigenvalue weighted by atomic mass is 10.1. The van der Waals surface area contributed by atoms with Gasteiger partial charge in [-0.25, -0.2) is 13.8 Å². The van der Waals surface area contributed by atoms with E-state index in [1.807, 2.05) is 0 Å². The highest BCUT2D eigenvalue weighted by Gasteiger charge is 2.25. The molecule has 0 bridgehead atoms. The summed E-state index contributed by atoms with van der Waals surface area (Å²) in [5.41, 5.74) is 0.932. The zero-order valence-corrected chi connectivity index (χ0v) is 19.6. The molecule has 0 aliphatic rings. The van der Waals surface area contributed by atoms with Crippen molar-refractivity contribution in [1.29, 1.82) is 0 Å². The second-order valence-electron chi connectivity index (χ2n) is 8.07. The molecule has 180 valence electrons. The fourth-order valence-corrected chi connectivity index (χ4v) is 4.94. The van der Waals surface area contributed by atoms with Crippen LogP contribution >= 0.6 is 11.3 Å². The number of benzene rings is 3. The Hall–Kier alpha value is -4.37. The minimum absolute atomic E-state index is 0.0360. The van der Waals surface area contributed by atoms with Crippen molar-refractivity contribution in [1.82, 2.24) is 14.9 Å². The molecule has 5 rings (SSSR count).